The molecular weight excluding hydrogens is 344 g/mol. The molecule has 0 spiro atoms. The second kappa shape index (κ2) is 7.63. The van der Waals surface area contributed by atoms with Gasteiger partial charge in [-0.25, -0.2) is 9.59 Å². The molecule has 1 saturated heterocycles. The normalized spacial score (nSPS) is 22.5. The van der Waals surface area contributed by atoms with Gasteiger partial charge in [0.05, 0.1) is 12.1 Å². The summed E-state index contributed by atoms with van der Waals surface area (Å²) in [6, 6.07) is -0.584. The van der Waals surface area contributed by atoms with Gasteiger partial charge in [0.1, 0.15) is 11.8 Å². The van der Waals surface area contributed by atoms with Gasteiger partial charge in [-0.1, -0.05) is 5.11 Å². The van der Waals surface area contributed by atoms with Crippen molar-refractivity contribution in [3.05, 3.63) is 43.0 Å². The maximum Gasteiger partial charge on any atom is 0.407 e. The van der Waals surface area contributed by atoms with E-state index in [1.807, 2.05) is 0 Å². The molecule has 1 aliphatic rings. The van der Waals surface area contributed by atoms with Crippen molar-refractivity contribution in [1.29, 1.82) is 0 Å². The van der Waals surface area contributed by atoms with E-state index < -0.39 is 41.3 Å². The Morgan fingerprint density at radius 2 is 2.23 bits per heavy atom. The number of aryl methyl sites for hydroxylation is 1. The van der Waals surface area contributed by atoms with Crippen LogP contribution in [0.5, 0.6) is 0 Å². The third-order valence-electron chi connectivity index (χ3n) is 3.71. The SMILES string of the molecule is Cc1cn([C@H]2C[C@H](N=[N+]=[N-])[C@@H](CNC(=O)OC(C)(C)C)O2)c(=O)[nH]c1=O. The number of nitrogens with zero attached hydrogens (tertiary/aromatic N) is 4. The molecule has 1 aliphatic heterocycles. The first-order valence-electron chi connectivity index (χ1n) is 8.09. The molecule has 2 heterocycles. The highest BCUT2D eigenvalue weighted by Gasteiger charge is 2.36. The smallest absolute Gasteiger partial charge is 0.407 e. The van der Waals surface area contributed by atoms with Crippen molar-refractivity contribution in [2.24, 2.45) is 5.11 Å². The minimum atomic E-state index is -0.723. The molecule has 0 aliphatic carbocycles. The predicted octanol–water partition coefficient (Wildman–Crippen LogP) is 1.34. The number of carbonyl (C=O) groups excluding carboxylic acids is 1. The second-order valence-electron chi connectivity index (χ2n) is 7.00. The fourth-order valence-corrected chi connectivity index (χ4v) is 2.56. The van der Waals surface area contributed by atoms with Crippen molar-refractivity contribution < 1.29 is 14.3 Å². The van der Waals surface area contributed by atoms with Crippen molar-refractivity contribution in [3.63, 3.8) is 0 Å². The fourth-order valence-electron chi connectivity index (χ4n) is 2.56. The quantitative estimate of drug-likeness (QED) is 0.468. The maximum atomic E-state index is 12.0. The number of azide groups is 1. The van der Waals surface area contributed by atoms with E-state index in [1.165, 1.54) is 10.8 Å². The van der Waals surface area contributed by atoms with E-state index in [0.29, 0.717) is 5.56 Å². The Kier molecular flexibility index (Phi) is 5.73. The van der Waals surface area contributed by atoms with E-state index in [4.69, 9.17) is 15.0 Å². The first-order chi connectivity index (χ1) is 12.1. The van der Waals surface area contributed by atoms with Crippen molar-refractivity contribution in [2.45, 2.75) is 58.1 Å². The van der Waals surface area contributed by atoms with E-state index in [0.717, 1.165) is 0 Å². The van der Waals surface area contributed by atoms with Crippen LogP contribution < -0.4 is 16.6 Å². The van der Waals surface area contributed by atoms with Gasteiger partial charge in [-0.2, -0.15) is 0 Å². The number of hydrogen-bond acceptors (Lipinski definition) is 6. The number of aromatic amines is 1. The molecule has 0 radical (unpaired) electrons. The van der Waals surface area contributed by atoms with Gasteiger partial charge in [0, 0.05) is 29.6 Å². The van der Waals surface area contributed by atoms with Crippen LogP contribution in [0.1, 0.15) is 39.0 Å². The minimum absolute atomic E-state index is 0.0478. The summed E-state index contributed by atoms with van der Waals surface area (Å²) in [4.78, 5) is 40.3. The van der Waals surface area contributed by atoms with Crippen molar-refractivity contribution in [1.82, 2.24) is 14.9 Å². The zero-order valence-corrected chi connectivity index (χ0v) is 15.1. The number of amides is 1. The second-order valence-corrected chi connectivity index (χ2v) is 7.00. The Bertz CT molecular complexity index is 832. The number of rotatable bonds is 4. The van der Waals surface area contributed by atoms with Gasteiger partial charge in [0.2, 0.25) is 0 Å². The first kappa shape index (κ1) is 19.5. The maximum absolute atomic E-state index is 12.0. The lowest BCUT2D eigenvalue weighted by molar-refractivity contribution is -0.00483. The Hall–Kier alpha value is -2.78. The molecule has 1 aromatic rings. The summed E-state index contributed by atoms with van der Waals surface area (Å²) in [5.41, 5.74) is 7.35. The zero-order chi connectivity index (χ0) is 19.5. The highest BCUT2D eigenvalue weighted by molar-refractivity contribution is 5.67. The van der Waals surface area contributed by atoms with Crippen molar-refractivity contribution in [3.8, 4) is 0 Å². The van der Waals surface area contributed by atoms with Gasteiger partial charge in [-0.05, 0) is 33.2 Å². The van der Waals surface area contributed by atoms with E-state index in [1.54, 1.807) is 27.7 Å². The first-order valence-corrected chi connectivity index (χ1v) is 8.09. The summed E-state index contributed by atoms with van der Waals surface area (Å²) in [6.07, 6.45) is -0.360. The molecular formula is C15H22N6O5. The molecule has 1 fully saturated rings. The molecule has 1 aromatic heterocycles. The van der Waals surface area contributed by atoms with Crippen LogP contribution >= 0.6 is 0 Å². The molecule has 1 amide bonds. The van der Waals surface area contributed by atoms with Crippen LogP contribution in [0.4, 0.5) is 4.79 Å². The van der Waals surface area contributed by atoms with Crippen LogP contribution in [0.2, 0.25) is 0 Å². The largest absolute Gasteiger partial charge is 0.444 e. The van der Waals surface area contributed by atoms with E-state index in [2.05, 4.69) is 20.3 Å². The van der Waals surface area contributed by atoms with Crippen LogP contribution in [-0.4, -0.2) is 39.9 Å². The van der Waals surface area contributed by atoms with Gasteiger partial charge in [0.25, 0.3) is 5.56 Å². The molecule has 0 aromatic carbocycles. The molecule has 26 heavy (non-hydrogen) atoms. The average Bonchev–Trinajstić information content (AvgIpc) is 2.90. The number of nitrogens with one attached hydrogen (secondary N) is 2. The van der Waals surface area contributed by atoms with Crippen LogP contribution in [0, 0.1) is 6.92 Å². The summed E-state index contributed by atoms with van der Waals surface area (Å²) < 4.78 is 12.2. The van der Waals surface area contributed by atoms with Crippen LogP contribution in [0.3, 0.4) is 0 Å². The van der Waals surface area contributed by atoms with Crippen LogP contribution in [-0.2, 0) is 9.47 Å². The number of aromatic nitrogens is 2. The number of ether oxygens (including phenoxy) is 2. The molecule has 2 rings (SSSR count). The third-order valence-corrected chi connectivity index (χ3v) is 3.71. The van der Waals surface area contributed by atoms with Gasteiger partial charge < -0.3 is 14.8 Å². The lowest BCUT2D eigenvalue weighted by atomic mass is 10.1. The number of alkyl carbamates (subject to hydrolysis) is 1. The Morgan fingerprint density at radius 1 is 1.54 bits per heavy atom. The number of hydrogen-bond donors (Lipinski definition) is 2. The van der Waals surface area contributed by atoms with E-state index in [-0.39, 0.29) is 13.0 Å². The predicted molar refractivity (Wildman–Crippen MR) is 91.8 cm³/mol. The van der Waals surface area contributed by atoms with Gasteiger partial charge >= 0.3 is 11.8 Å². The standard InChI is InChI=1S/C15H22N6O5/c1-8-7-21(13(23)18-12(8)22)11-5-9(19-20-16)10(25-11)6-17-14(24)26-15(2,3)4/h7,9-11H,5-6H2,1-4H3,(H,17,24)(H,18,22,23)/t9-,10+,11+/m0/s1. The summed E-state index contributed by atoms with van der Waals surface area (Å²) >= 11 is 0. The van der Waals surface area contributed by atoms with Gasteiger partial charge in [-0.15, -0.1) is 0 Å². The van der Waals surface area contributed by atoms with Crippen molar-refractivity contribution in [2.75, 3.05) is 6.54 Å². The molecule has 0 unspecified atom stereocenters. The average molecular weight is 366 g/mol. The van der Waals surface area contributed by atoms with Crippen molar-refractivity contribution >= 4 is 6.09 Å². The lowest BCUT2D eigenvalue weighted by Gasteiger charge is -2.21. The molecule has 0 saturated carbocycles. The molecule has 2 N–H and O–H groups in total. The van der Waals surface area contributed by atoms with Crippen LogP contribution in [0.25, 0.3) is 10.4 Å². The monoisotopic (exact) mass is 366 g/mol. The van der Waals surface area contributed by atoms with E-state index in [9.17, 15) is 14.4 Å². The Balaban J connectivity index is 2.12. The van der Waals surface area contributed by atoms with Gasteiger partial charge in [-0.3, -0.25) is 14.3 Å². The molecule has 11 nitrogen and oxygen atoms in total. The van der Waals surface area contributed by atoms with Crippen LogP contribution in [0.15, 0.2) is 20.9 Å². The Morgan fingerprint density at radius 3 is 2.85 bits per heavy atom. The molecule has 0 bridgehead atoms. The molecule has 3 atom stereocenters. The number of carbonyl (C=O) groups is 1. The molecule has 142 valence electrons. The van der Waals surface area contributed by atoms with Gasteiger partial charge in [0.15, 0.2) is 0 Å². The summed E-state index contributed by atoms with van der Waals surface area (Å²) in [6.45, 7) is 6.83. The molecule has 11 heteroatoms. The summed E-state index contributed by atoms with van der Waals surface area (Å²) in [5.74, 6) is 0. The minimum Gasteiger partial charge on any atom is -0.444 e. The summed E-state index contributed by atoms with van der Waals surface area (Å²) in [7, 11) is 0. The highest BCUT2D eigenvalue weighted by Crippen LogP contribution is 2.29. The topological polar surface area (TPSA) is 151 Å². The Labute approximate surface area is 148 Å². The van der Waals surface area contributed by atoms with E-state index >= 15 is 0 Å². The summed E-state index contributed by atoms with van der Waals surface area (Å²) in [5, 5.41) is 6.24. The zero-order valence-electron chi connectivity index (χ0n) is 15.1. The highest BCUT2D eigenvalue weighted by atomic mass is 16.6. The third kappa shape index (κ3) is 4.87. The number of H-pyrrole nitrogens is 1. The fraction of sp³-hybridized carbons (Fsp3) is 0.667. The lowest BCUT2D eigenvalue weighted by Crippen LogP contribution is -2.39.